The summed E-state index contributed by atoms with van der Waals surface area (Å²) >= 11 is 4.20. The molecule has 0 aliphatic carbocycles. The van der Waals surface area contributed by atoms with Crippen LogP contribution in [0.3, 0.4) is 0 Å². The monoisotopic (exact) mass is 190 g/mol. The van der Waals surface area contributed by atoms with Crippen molar-refractivity contribution in [3.63, 3.8) is 0 Å². The van der Waals surface area contributed by atoms with Crippen LogP contribution < -0.4 is 0 Å². The lowest BCUT2D eigenvalue weighted by Crippen LogP contribution is -2.03. The number of thiol groups is 1. The van der Waals surface area contributed by atoms with E-state index in [1.807, 2.05) is 0 Å². The normalized spacial score (nSPS) is 13.2. The van der Waals surface area contributed by atoms with Crippen LogP contribution in [0.5, 0.6) is 0 Å². The Morgan fingerprint density at radius 2 is 2.00 bits per heavy atom. The molecular formula is C10H22OS. The third-order valence-corrected chi connectivity index (χ3v) is 2.28. The highest BCUT2D eigenvalue weighted by Gasteiger charge is 1.99. The second-order valence-corrected chi connectivity index (χ2v) is 3.82. The minimum atomic E-state index is 0.768. The third-order valence-electron chi connectivity index (χ3n) is 2.02. The molecule has 0 spiro atoms. The smallest absolute Gasteiger partial charge is 0.0468 e. The molecule has 0 aromatic heterocycles. The van der Waals surface area contributed by atoms with E-state index in [0.29, 0.717) is 0 Å². The largest absolute Gasteiger partial charge is 0.381 e. The summed E-state index contributed by atoms with van der Waals surface area (Å²) in [5, 5.41) is 0. The van der Waals surface area contributed by atoms with E-state index in [4.69, 9.17) is 4.74 Å². The fourth-order valence-corrected chi connectivity index (χ4v) is 1.44. The van der Waals surface area contributed by atoms with Crippen LogP contribution in [0.25, 0.3) is 0 Å². The maximum Gasteiger partial charge on any atom is 0.0468 e. The van der Waals surface area contributed by atoms with Crippen molar-refractivity contribution in [2.45, 2.75) is 39.5 Å². The molecule has 0 aliphatic rings. The van der Waals surface area contributed by atoms with Gasteiger partial charge >= 0.3 is 0 Å². The first-order chi connectivity index (χ1) is 5.81. The standard InChI is InChI=1S/C10H22OS/c1-3-4-7-11-8-5-10(2)6-9-12/h10,12H,3-9H2,1-2H3. The van der Waals surface area contributed by atoms with Crippen LogP contribution in [0.2, 0.25) is 0 Å². The van der Waals surface area contributed by atoms with Crippen molar-refractivity contribution in [2.24, 2.45) is 5.92 Å². The Bertz CT molecular complexity index is 85.9. The second kappa shape index (κ2) is 9.40. The van der Waals surface area contributed by atoms with Gasteiger partial charge in [0.25, 0.3) is 0 Å². The van der Waals surface area contributed by atoms with Crippen LogP contribution >= 0.6 is 12.6 Å². The van der Waals surface area contributed by atoms with Crippen LogP contribution in [0.1, 0.15) is 39.5 Å². The molecule has 1 atom stereocenters. The average Bonchev–Trinajstić information content (AvgIpc) is 2.05. The molecule has 0 aromatic rings. The first-order valence-electron chi connectivity index (χ1n) is 4.99. The van der Waals surface area contributed by atoms with Crippen LogP contribution in [-0.2, 0) is 4.74 Å². The molecule has 74 valence electrons. The van der Waals surface area contributed by atoms with Crippen molar-refractivity contribution >= 4 is 12.6 Å². The predicted octanol–water partition coefficient (Wildman–Crippen LogP) is 3.15. The Labute approximate surface area is 82.3 Å². The first-order valence-corrected chi connectivity index (χ1v) is 5.63. The van der Waals surface area contributed by atoms with Gasteiger partial charge in [-0.15, -0.1) is 0 Å². The maximum absolute atomic E-state index is 5.47. The molecule has 0 radical (unpaired) electrons. The quantitative estimate of drug-likeness (QED) is 0.457. The van der Waals surface area contributed by atoms with Gasteiger partial charge in [0.2, 0.25) is 0 Å². The highest BCUT2D eigenvalue weighted by molar-refractivity contribution is 7.80. The zero-order chi connectivity index (χ0) is 9.23. The summed E-state index contributed by atoms with van der Waals surface area (Å²) in [6.07, 6.45) is 4.82. The number of hydrogen-bond donors (Lipinski definition) is 1. The molecule has 12 heavy (non-hydrogen) atoms. The highest BCUT2D eigenvalue weighted by Crippen LogP contribution is 2.08. The van der Waals surface area contributed by atoms with E-state index < -0.39 is 0 Å². The fourth-order valence-electron chi connectivity index (χ4n) is 0.998. The minimum absolute atomic E-state index is 0.768. The van der Waals surface area contributed by atoms with Crippen molar-refractivity contribution in [1.29, 1.82) is 0 Å². The van der Waals surface area contributed by atoms with Crippen LogP contribution in [0.15, 0.2) is 0 Å². The highest BCUT2D eigenvalue weighted by atomic mass is 32.1. The van der Waals surface area contributed by atoms with E-state index in [-0.39, 0.29) is 0 Å². The summed E-state index contributed by atoms with van der Waals surface area (Å²) in [6.45, 7) is 6.31. The Hall–Kier alpha value is 0.310. The third kappa shape index (κ3) is 8.41. The molecule has 2 heteroatoms. The van der Waals surface area contributed by atoms with Gasteiger partial charge in [-0.25, -0.2) is 0 Å². The Morgan fingerprint density at radius 3 is 2.58 bits per heavy atom. The summed E-state index contributed by atoms with van der Waals surface area (Å²) < 4.78 is 5.47. The lowest BCUT2D eigenvalue weighted by molar-refractivity contribution is 0.119. The molecule has 0 N–H and O–H groups in total. The predicted molar refractivity (Wildman–Crippen MR) is 58.0 cm³/mol. The van der Waals surface area contributed by atoms with Gasteiger partial charge in [-0.05, 0) is 30.9 Å². The summed E-state index contributed by atoms with van der Waals surface area (Å²) in [4.78, 5) is 0. The molecule has 0 aromatic carbocycles. The fraction of sp³-hybridized carbons (Fsp3) is 1.00. The van der Waals surface area contributed by atoms with Crippen molar-refractivity contribution in [2.75, 3.05) is 19.0 Å². The molecule has 0 fully saturated rings. The second-order valence-electron chi connectivity index (χ2n) is 3.37. The van der Waals surface area contributed by atoms with E-state index in [1.54, 1.807) is 0 Å². The van der Waals surface area contributed by atoms with Crippen molar-refractivity contribution in [1.82, 2.24) is 0 Å². The van der Waals surface area contributed by atoms with Gasteiger partial charge in [-0.1, -0.05) is 20.3 Å². The molecule has 0 amide bonds. The average molecular weight is 190 g/mol. The topological polar surface area (TPSA) is 9.23 Å². The van der Waals surface area contributed by atoms with Gasteiger partial charge in [0, 0.05) is 13.2 Å². The minimum Gasteiger partial charge on any atom is -0.381 e. The van der Waals surface area contributed by atoms with Crippen molar-refractivity contribution < 1.29 is 4.74 Å². The Kier molecular flexibility index (Phi) is 9.64. The molecule has 0 heterocycles. The van der Waals surface area contributed by atoms with E-state index in [2.05, 4.69) is 26.5 Å². The molecule has 0 saturated carbocycles. The SMILES string of the molecule is CCCCOCCC(C)CCS. The zero-order valence-corrected chi connectivity index (χ0v) is 9.28. The summed E-state index contributed by atoms with van der Waals surface area (Å²) in [6, 6.07) is 0. The van der Waals surface area contributed by atoms with Gasteiger partial charge in [-0.2, -0.15) is 12.6 Å². The molecular weight excluding hydrogens is 168 g/mol. The molecule has 0 aliphatic heterocycles. The number of unbranched alkanes of at least 4 members (excludes halogenated alkanes) is 1. The van der Waals surface area contributed by atoms with Gasteiger partial charge in [0.05, 0.1) is 0 Å². The first kappa shape index (κ1) is 12.3. The van der Waals surface area contributed by atoms with Crippen LogP contribution in [0.4, 0.5) is 0 Å². The van der Waals surface area contributed by atoms with Crippen LogP contribution in [-0.4, -0.2) is 19.0 Å². The molecule has 0 bridgehead atoms. The Balaban J connectivity index is 2.97. The lowest BCUT2D eigenvalue weighted by atomic mass is 10.1. The van der Waals surface area contributed by atoms with E-state index in [0.717, 1.165) is 24.9 Å². The molecule has 1 nitrogen and oxygen atoms in total. The molecule has 0 rings (SSSR count). The van der Waals surface area contributed by atoms with E-state index >= 15 is 0 Å². The van der Waals surface area contributed by atoms with Gasteiger partial charge in [0.15, 0.2) is 0 Å². The summed E-state index contributed by atoms with van der Waals surface area (Å²) in [5.74, 6) is 1.76. The molecule has 0 saturated heterocycles. The van der Waals surface area contributed by atoms with E-state index in [1.165, 1.54) is 25.7 Å². The summed E-state index contributed by atoms with van der Waals surface area (Å²) in [5.41, 5.74) is 0. The van der Waals surface area contributed by atoms with Crippen molar-refractivity contribution in [3.8, 4) is 0 Å². The maximum atomic E-state index is 5.47. The summed E-state index contributed by atoms with van der Waals surface area (Å²) in [7, 11) is 0. The van der Waals surface area contributed by atoms with Gasteiger partial charge < -0.3 is 4.74 Å². The number of rotatable bonds is 8. The van der Waals surface area contributed by atoms with E-state index in [9.17, 15) is 0 Å². The number of hydrogen-bond acceptors (Lipinski definition) is 2. The molecule has 1 unspecified atom stereocenters. The van der Waals surface area contributed by atoms with Crippen LogP contribution in [0, 0.1) is 5.92 Å². The number of ether oxygens (including phenoxy) is 1. The van der Waals surface area contributed by atoms with Gasteiger partial charge in [-0.3, -0.25) is 0 Å². The lowest BCUT2D eigenvalue weighted by Gasteiger charge is -2.09. The van der Waals surface area contributed by atoms with Crippen molar-refractivity contribution in [3.05, 3.63) is 0 Å². The Morgan fingerprint density at radius 1 is 1.25 bits per heavy atom. The van der Waals surface area contributed by atoms with Gasteiger partial charge in [0.1, 0.15) is 0 Å². The zero-order valence-electron chi connectivity index (χ0n) is 8.38.